The molecule has 1 atom stereocenters. The lowest BCUT2D eigenvalue weighted by Gasteiger charge is -2.14. The third-order valence-corrected chi connectivity index (χ3v) is 4.27. The zero-order valence-corrected chi connectivity index (χ0v) is 14.5. The van der Waals surface area contributed by atoms with Gasteiger partial charge in [0.05, 0.1) is 24.3 Å². The molecule has 6 heteroatoms. The molecule has 1 unspecified atom stereocenters. The van der Waals surface area contributed by atoms with Crippen molar-refractivity contribution in [2.24, 2.45) is 0 Å². The first-order chi connectivity index (χ1) is 12.5. The smallest absolute Gasteiger partial charge is 0.225 e. The number of aromatic nitrogens is 2. The van der Waals surface area contributed by atoms with E-state index in [1.807, 2.05) is 13.8 Å². The van der Waals surface area contributed by atoms with Crippen molar-refractivity contribution in [3.63, 3.8) is 0 Å². The number of halogens is 2. The molecule has 0 radical (unpaired) electrons. The van der Waals surface area contributed by atoms with Gasteiger partial charge in [-0.1, -0.05) is 18.2 Å². The van der Waals surface area contributed by atoms with Crippen molar-refractivity contribution in [3.05, 3.63) is 83.2 Å². The lowest BCUT2D eigenvalue weighted by molar-refractivity contribution is -0.121. The van der Waals surface area contributed by atoms with Gasteiger partial charge in [0.15, 0.2) is 0 Å². The topological polar surface area (TPSA) is 46.9 Å². The second kappa shape index (κ2) is 7.47. The summed E-state index contributed by atoms with van der Waals surface area (Å²) in [4.78, 5) is 12.2. The van der Waals surface area contributed by atoms with Crippen LogP contribution < -0.4 is 5.32 Å². The molecule has 0 aliphatic carbocycles. The third kappa shape index (κ3) is 3.79. The second-order valence-corrected chi connectivity index (χ2v) is 6.13. The fourth-order valence-corrected chi connectivity index (χ4v) is 2.87. The molecular weight excluding hydrogens is 336 g/mol. The Kier molecular flexibility index (Phi) is 5.11. The zero-order valence-electron chi connectivity index (χ0n) is 14.5. The summed E-state index contributed by atoms with van der Waals surface area (Å²) in [5.41, 5.74) is 2.78. The van der Waals surface area contributed by atoms with Gasteiger partial charge in [-0.05, 0) is 49.7 Å². The van der Waals surface area contributed by atoms with Gasteiger partial charge in [-0.15, -0.1) is 0 Å². The molecular formula is C20H19F2N3O. The molecule has 4 nitrogen and oxygen atoms in total. The van der Waals surface area contributed by atoms with E-state index < -0.39 is 5.82 Å². The quantitative estimate of drug-likeness (QED) is 0.755. The molecule has 2 aromatic carbocycles. The minimum Gasteiger partial charge on any atom is -0.349 e. The average molecular weight is 355 g/mol. The molecule has 1 aromatic heterocycles. The summed E-state index contributed by atoms with van der Waals surface area (Å²) in [6.07, 6.45) is 1.65. The van der Waals surface area contributed by atoms with Gasteiger partial charge < -0.3 is 5.32 Å². The summed E-state index contributed by atoms with van der Waals surface area (Å²) >= 11 is 0. The van der Waals surface area contributed by atoms with Crippen LogP contribution in [-0.4, -0.2) is 15.7 Å². The number of nitrogens with zero attached hydrogens (tertiary/aromatic N) is 2. The minimum absolute atomic E-state index is 0.0256. The van der Waals surface area contributed by atoms with Crippen LogP contribution >= 0.6 is 0 Å². The van der Waals surface area contributed by atoms with Gasteiger partial charge in [0.25, 0.3) is 0 Å². The van der Waals surface area contributed by atoms with Crippen molar-refractivity contribution < 1.29 is 13.6 Å². The Labute approximate surface area is 150 Å². The second-order valence-electron chi connectivity index (χ2n) is 6.13. The van der Waals surface area contributed by atoms with E-state index in [1.165, 1.54) is 18.2 Å². The summed E-state index contributed by atoms with van der Waals surface area (Å²) in [5, 5.41) is 7.19. The highest BCUT2D eigenvalue weighted by Gasteiger charge is 2.17. The van der Waals surface area contributed by atoms with Crippen LogP contribution in [0.25, 0.3) is 5.69 Å². The molecule has 0 aliphatic rings. The first-order valence-electron chi connectivity index (χ1n) is 8.29. The van der Waals surface area contributed by atoms with Crippen molar-refractivity contribution in [3.8, 4) is 5.69 Å². The summed E-state index contributed by atoms with van der Waals surface area (Å²) in [7, 11) is 0. The van der Waals surface area contributed by atoms with Gasteiger partial charge in [-0.25, -0.2) is 13.5 Å². The zero-order chi connectivity index (χ0) is 18.7. The van der Waals surface area contributed by atoms with Crippen molar-refractivity contribution in [1.82, 2.24) is 15.1 Å². The Bertz CT molecular complexity index is 919. The Balaban J connectivity index is 1.72. The number of rotatable bonds is 5. The number of nitrogens with one attached hydrogen (secondary N) is 1. The van der Waals surface area contributed by atoms with Crippen molar-refractivity contribution in [2.75, 3.05) is 0 Å². The lowest BCUT2D eigenvalue weighted by Crippen LogP contribution is -2.28. The molecule has 0 spiro atoms. The number of benzene rings is 2. The van der Waals surface area contributed by atoms with Crippen LogP contribution in [0.4, 0.5) is 8.78 Å². The molecule has 0 saturated carbocycles. The summed E-state index contributed by atoms with van der Waals surface area (Å²) in [5.74, 6) is -0.972. The summed E-state index contributed by atoms with van der Waals surface area (Å²) in [6.45, 7) is 3.73. The Morgan fingerprint density at radius 2 is 1.85 bits per heavy atom. The van der Waals surface area contributed by atoms with E-state index in [0.717, 1.165) is 16.9 Å². The molecule has 0 bridgehead atoms. The van der Waals surface area contributed by atoms with E-state index in [4.69, 9.17) is 0 Å². The fraction of sp³-hybridized carbons (Fsp3) is 0.200. The molecule has 0 saturated heterocycles. The lowest BCUT2D eigenvalue weighted by atomic mass is 10.1. The van der Waals surface area contributed by atoms with Crippen LogP contribution in [0.15, 0.2) is 54.7 Å². The predicted molar refractivity (Wildman–Crippen MR) is 94.9 cm³/mol. The highest BCUT2D eigenvalue weighted by atomic mass is 19.1. The van der Waals surface area contributed by atoms with E-state index in [2.05, 4.69) is 10.4 Å². The molecule has 26 heavy (non-hydrogen) atoms. The van der Waals surface area contributed by atoms with Crippen LogP contribution in [0.1, 0.15) is 29.8 Å². The largest absolute Gasteiger partial charge is 0.349 e. The number of hydrogen-bond donors (Lipinski definition) is 1. The van der Waals surface area contributed by atoms with Crippen LogP contribution in [0.2, 0.25) is 0 Å². The standard InChI is InChI=1S/C20H19F2N3O/c1-13(24-20(26)11-15-5-3-4-6-19(15)22)18-12-23-25(14(18)2)17-9-7-16(21)8-10-17/h3-10,12-13H,11H2,1-2H3,(H,24,26). The Hall–Kier alpha value is -3.02. The SMILES string of the molecule is Cc1c(C(C)NC(=O)Cc2ccccc2F)cnn1-c1ccc(F)cc1. The molecule has 1 heterocycles. The number of hydrogen-bond acceptors (Lipinski definition) is 2. The highest BCUT2D eigenvalue weighted by molar-refractivity contribution is 5.79. The summed E-state index contributed by atoms with van der Waals surface area (Å²) < 4.78 is 28.4. The van der Waals surface area contributed by atoms with Crippen LogP contribution in [0.5, 0.6) is 0 Å². The monoisotopic (exact) mass is 355 g/mol. The first kappa shape index (κ1) is 17.8. The molecule has 1 N–H and O–H groups in total. The molecule has 1 amide bonds. The van der Waals surface area contributed by atoms with Gasteiger partial charge >= 0.3 is 0 Å². The fourth-order valence-electron chi connectivity index (χ4n) is 2.87. The number of carbonyl (C=O) groups is 1. The molecule has 0 fully saturated rings. The molecule has 0 aliphatic heterocycles. The Morgan fingerprint density at radius 1 is 1.15 bits per heavy atom. The third-order valence-electron chi connectivity index (χ3n) is 4.27. The van der Waals surface area contributed by atoms with E-state index in [0.29, 0.717) is 5.56 Å². The van der Waals surface area contributed by atoms with Gasteiger partial charge in [0.2, 0.25) is 5.91 Å². The van der Waals surface area contributed by atoms with Crippen LogP contribution in [0.3, 0.4) is 0 Å². The minimum atomic E-state index is -0.393. The van der Waals surface area contributed by atoms with Gasteiger partial charge in [0, 0.05) is 11.3 Å². The maximum Gasteiger partial charge on any atom is 0.225 e. The average Bonchev–Trinajstić information content (AvgIpc) is 2.99. The molecule has 3 aromatic rings. The molecule has 3 rings (SSSR count). The first-order valence-corrected chi connectivity index (χ1v) is 8.29. The maximum atomic E-state index is 13.7. The highest BCUT2D eigenvalue weighted by Crippen LogP contribution is 2.20. The normalized spacial score (nSPS) is 12.0. The summed E-state index contributed by atoms with van der Waals surface area (Å²) in [6, 6.07) is 12.0. The van der Waals surface area contributed by atoms with E-state index >= 15 is 0 Å². The van der Waals surface area contributed by atoms with Crippen molar-refractivity contribution >= 4 is 5.91 Å². The maximum absolute atomic E-state index is 13.7. The van der Waals surface area contributed by atoms with Gasteiger partial charge in [-0.3, -0.25) is 4.79 Å². The molecule has 134 valence electrons. The number of amides is 1. The van der Waals surface area contributed by atoms with E-state index in [1.54, 1.807) is 41.2 Å². The van der Waals surface area contributed by atoms with Crippen LogP contribution in [-0.2, 0) is 11.2 Å². The number of carbonyl (C=O) groups excluding carboxylic acids is 1. The Morgan fingerprint density at radius 3 is 2.54 bits per heavy atom. The van der Waals surface area contributed by atoms with E-state index in [9.17, 15) is 13.6 Å². The van der Waals surface area contributed by atoms with Gasteiger partial charge in [-0.2, -0.15) is 5.10 Å². The predicted octanol–water partition coefficient (Wildman–Crippen LogP) is 3.88. The van der Waals surface area contributed by atoms with Gasteiger partial charge in [0.1, 0.15) is 11.6 Å². The van der Waals surface area contributed by atoms with Crippen LogP contribution in [0, 0.1) is 18.6 Å². The van der Waals surface area contributed by atoms with Crippen molar-refractivity contribution in [1.29, 1.82) is 0 Å². The van der Waals surface area contributed by atoms with E-state index in [-0.39, 0.29) is 24.2 Å². The van der Waals surface area contributed by atoms with Crippen molar-refractivity contribution in [2.45, 2.75) is 26.3 Å².